The van der Waals surface area contributed by atoms with Crippen LogP contribution in [0.3, 0.4) is 0 Å². The van der Waals surface area contributed by atoms with Gasteiger partial charge in [-0.1, -0.05) is 12.8 Å². The van der Waals surface area contributed by atoms with Crippen molar-refractivity contribution in [1.82, 2.24) is 10.2 Å². The average molecular weight is 192 g/mol. The fourth-order valence-electron chi connectivity index (χ4n) is 2.70. The smallest absolute Gasteiger partial charge is 0.0686 e. The highest BCUT2D eigenvalue weighted by molar-refractivity contribution is 5.02. The van der Waals surface area contributed by atoms with Crippen LogP contribution in [0.1, 0.15) is 26.2 Å². The largest absolute Gasteiger partial charge is 0.302 e. The molecular weight excluding hydrogens is 172 g/mol. The lowest BCUT2D eigenvalue weighted by Crippen LogP contribution is -2.57. The first-order valence-corrected chi connectivity index (χ1v) is 5.78. The van der Waals surface area contributed by atoms with Gasteiger partial charge in [0, 0.05) is 12.6 Å². The molecule has 0 aromatic heterocycles. The van der Waals surface area contributed by atoms with Gasteiger partial charge in [0.05, 0.1) is 6.04 Å². The quantitative estimate of drug-likeness (QED) is 0.673. The van der Waals surface area contributed by atoms with Crippen molar-refractivity contribution < 1.29 is 0 Å². The summed E-state index contributed by atoms with van der Waals surface area (Å²) in [6.07, 6.45) is 9.23. The number of nitrogens with one attached hydrogen (secondary N) is 1. The zero-order valence-electron chi connectivity index (χ0n) is 9.00. The van der Waals surface area contributed by atoms with Crippen molar-refractivity contribution in [2.75, 3.05) is 19.6 Å². The van der Waals surface area contributed by atoms with Crippen LogP contribution in [-0.4, -0.2) is 36.6 Å². The van der Waals surface area contributed by atoms with Crippen LogP contribution in [0, 0.1) is 18.3 Å². The van der Waals surface area contributed by atoms with Gasteiger partial charge in [-0.25, -0.2) is 0 Å². The highest BCUT2D eigenvalue weighted by atomic mass is 15.2. The molecule has 3 rings (SSSR count). The summed E-state index contributed by atoms with van der Waals surface area (Å²) >= 11 is 0. The molecule has 0 radical (unpaired) electrons. The minimum atomic E-state index is 0.278. The zero-order chi connectivity index (χ0) is 9.97. The van der Waals surface area contributed by atoms with E-state index in [1.165, 1.54) is 32.5 Å². The standard InChI is InChI=1S/C12H20N2/c1-3-11(4-2)13-12-9-14-7-5-10(12)6-8-14/h1,10-13H,4-9H2,2H3. The summed E-state index contributed by atoms with van der Waals surface area (Å²) in [4.78, 5) is 2.56. The van der Waals surface area contributed by atoms with Crippen LogP contribution in [0.4, 0.5) is 0 Å². The summed E-state index contributed by atoms with van der Waals surface area (Å²) in [7, 11) is 0. The van der Waals surface area contributed by atoms with Gasteiger partial charge in [-0.2, -0.15) is 0 Å². The summed E-state index contributed by atoms with van der Waals surface area (Å²) in [6.45, 7) is 5.97. The van der Waals surface area contributed by atoms with Crippen molar-refractivity contribution in [3.63, 3.8) is 0 Å². The second-order valence-electron chi connectivity index (χ2n) is 4.54. The van der Waals surface area contributed by atoms with Crippen molar-refractivity contribution in [1.29, 1.82) is 0 Å². The maximum Gasteiger partial charge on any atom is 0.0686 e. The third-order valence-electron chi connectivity index (χ3n) is 3.68. The van der Waals surface area contributed by atoms with Gasteiger partial charge in [0.25, 0.3) is 0 Å². The molecule has 2 nitrogen and oxygen atoms in total. The van der Waals surface area contributed by atoms with Crippen molar-refractivity contribution in [2.45, 2.75) is 38.3 Å². The highest BCUT2D eigenvalue weighted by Crippen LogP contribution is 2.27. The zero-order valence-corrected chi connectivity index (χ0v) is 9.00. The van der Waals surface area contributed by atoms with Gasteiger partial charge in [-0.05, 0) is 38.3 Å². The van der Waals surface area contributed by atoms with E-state index in [1.54, 1.807) is 0 Å². The minimum Gasteiger partial charge on any atom is -0.302 e. The molecule has 14 heavy (non-hydrogen) atoms. The van der Waals surface area contributed by atoms with Crippen LogP contribution < -0.4 is 5.32 Å². The summed E-state index contributed by atoms with van der Waals surface area (Å²) < 4.78 is 0. The van der Waals surface area contributed by atoms with Crippen LogP contribution in [0.5, 0.6) is 0 Å². The third kappa shape index (κ3) is 1.94. The van der Waals surface area contributed by atoms with Gasteiger partial charge in [0.1, 0.15) is 0 Å². The fraction of sp³-hybridized carbons (Fsp3) is 0.833. The van der Waals surface area contributed by atoms with E-state index in [0.717, 1.165) is 12.3 Å². The summed E-state index contributed by atoms with van der Waals surface area (Å²) in [5.74, 6) is 3.71. The molecule has 2 heteroatoms. The minimum absolute atomic E-state index is 0.278. The fourth-order valence-corrected chi connectivity index (χ4v) is 2.70. The highest BCUT2D eigenvalue weighted by Gasteiger charge is 2.34. The van der Waals surface area contributed by atoms with Gasteiger partial charge in [-0.15, -0.1) is 6.42 Å². The molecule has 0 aromatic carbocycles. The van der Waals surface area contributed by atoms with E-state index in [0.29, 0.717) is 6.04 Å². The first-order chi connectivity index (χ1) is 6.83. The second-order valence-corrected chi connectivity index (χ2v) is 4.54. The molecule has 2 unspecified atom stereocenters. The lowest BCUT2D eigenvalue weighted by Gasteiger charge is -2.45. The predicted octanol–water partition coefficient (Wildman–Crippen LogP) is 1.08. The lowest BCUT2D eigenvalue weighted by molar-refractivity contribution is 0.0699. The van der Waals surface area contributed by atoms with Crippen molar-refractivity contribution >= 4 is 0 Å². The molecule has 3 aliphatic rings. The van der Waals surface area contributed by atoms with Crippen LogP contribution in [0.2, 0.25) is 0 Å². The normalized spacial score (nSPS) is 37.9. The molecular formula is C12H20N2. The molecule has 1 N–H and O–H groups in total. The van der Waals surface area contributed by atoms with E-state index in [-0.39, 0.29) is 6.04 Å². The van der Waals surface area contributed by atoms with Crippen LogP contribution in [-0.2, 0) is 0 Å². The van der Waals surface area contributed by atoms with Crippen molar-refractivity contribution in [3.8, 4) is 12.3 Å². The molecule has 0 aromatic rings. The monoisotopic (exact) mass is 192 g/mol. The first kappa shape index (κ1) is 10.0. The summed E-state index contributed by atoms with van der Waals surface area (Å²) in [5.41, 5.74) is 0. The van der Waals surface area contributed by atoms with Gasteiger partial charge in [-0.3, -0.25) is 5.32 Å². The van der Waals surface area contributed by atoms with Crippen molar-refractivity contribution in [3.05, 3.63) is 0 Å². The Morgan fingerprint density at radius 3 is 2.64 bits per heavy atom. The van der Waals surface area contributed by atoms with Crippen molar-refractivity contribution in [2.24, 2.45) is 5.92 Å². The number of rotatable bonds is 3. The average Bonchev–Trinajstić information content (AvgIpc) is 2.27. The van der Waals surface area contributed by atoms with Crippen LogP contribution in [0.15, 0.2) is 0 Å². The third-order valence-corrected chi connectivity index (χ3v) is 3.68. The van der Waals surface area contributed by atoms with E-state index in [1.807, 2.05) is 0 Å². The van der Waals surface area contributed by atoms with E-state index in [2.05, 4.69) is 23.1 Å². The predicted molar refractivity (Wildman–Crippen MR) is 59.0 cm³/mol. The Labute approximate surface area is 87.1 Å². The van der Waals surface area contributed by atoms with Crippen LogP contribution >= 0.6 is 0 Å². The topological polar surface area (TPSA) is 15.3 Å². The molecule has 2 bridgehead atoms. The maximum absolute atomic E-state index is 5.47. The molecule has 3 heterocycles. The molecule has 3 aliphatic heterocycles. The first-order valence-electron chi connectivity index (χ1n) is 5.78. The number of fused-ring (bicyclic) bond motifs is 3. The molecule has 0 amide bonds. The number of hydrogen-bond acceptors (Lipinski definition) is 2. The lowest BCUT2D eigenvalue weighted by atomic mass is 9.83. The molecule has 78 valence electrons. The van der Waals surface area contributed by atoms with Crippen LogP contribution in [0.25, 0.3) is 0 Å². The van der Waals surface area contributed by atoms with E-state index >= 15 is 0 Å². The Balaban J connectivity index is 1.89. The Kier molecular flexibility index (Phi) is 3.10. The Bertz CT molecular complexity index is 223. The summed E-state index contributed by atoms with van der Waals surface area (Å²) in [5, 5.41) is 3.61. The van der Waals surface area contributed by atoms with E-state index < -0.39 is 0 Å². The molecule has 3 saturated heterocycles. The van der Waals surface area contributed by atoms with E-state index in [9.17, 15) is 0 Å². The Morgan fingerprint density at radius 1 is 1.50 bits per heavy atom. The molecule has 0 spiro atoms. The van der Waals surface area contributed by atoms with Gasteiger partial charge in [0.2, 0.25) is 0 Å². The van der Waals surface area contributed by atoms with E-state index in [4.69, 9.17) is 6.42 Å². The number of terminal acetylenes is 1. The Morgan fingerprint density at radius 2 is 2.21 bits per heavy atom. The summed E-state index contributed by atoms with van der Waals surface area (Å²) in [6, 6.07) is 0.930. The molecule has 0 aliphatic carbocycles. The van der Waals surface area contributed by atoms with Gasteiger partial charge < -0.3 is 4.90 Å². The molecule has 0 saturated carbocycles. The number of piperidine rings is 3. The number of nitrogens with zero attached hydrogens (tertiary/aromatic N) is 1. The maximum atomic E-state index is 5.47. The number of hydrogen-bond donors (Lipinski definition) is 1. The molecule has 2 atom stereocenters. The van der Waals surface area contributed by atoms with Gasteiger partial charge >= 0.3 is 0 Å². The Hall–Kier alpha value is -0.520. The molecule has 3 fully saturated rings. The second kappa shape index (κ2) is 4.33. The van der Waals surface area contributed by atoms with Gasteiger partial charge in [0.15, 0.2) is 0 Å². The SMILES string of the molecule is C#CC(CC)NC1CN2CCC1CC2.